The summed E-state index contributed by atoms with van der Waals surface area (Å²) >= 11 is 0. The number of carbonyl (C=O) groups is 1. The highest BCUT2D eigenvalue weighted by Crippen LogP contribution is 2.40. The summed E-state index contributed by atoms with van der Waals surface area (Å²) in [7, 11) is 0. The highest BCUT2D eigenvalue weighted by molar-refractivity contribution is 6.00. The van der Waals surface area contributed by atoms with Crippen LogP contribution in [0.4, 0.5) is 0 Å². The molecule has 2 aromatic carbocycles. The van der Waals surface area contributed by atoms with Crippen LogP contribution in [0.5, 0.6) is 11.5 Å². The van der Waals surface area contributed by atoms with Gasteiger partial charge in [0.1, 0.15) is 5.76 Å². The molecule has 2 atom stereocenters. The maximum Gasteiger partial charge on any atom is 0.207 e. The van der Waals surface area contributed by atoms with Gasteiger partial charge in [0, 0.05) is 5.56 Å². The molecule has 3 aromatic rings. The molecule has 1 aliphatic heterocycles. The normalized spacial score (nSPS) is 19.3. The Bertz CT molecular complexity index is 808. The third-order valence-corrected chi connectivity index (χ3v) is 3.77. The summed E-state index contributed by atoms with van der Waals surface area (Å²) < 4.78 is 17.4. The first-order valence-electron chi connectivity index (χ1n) is 7.38. The van der Waals surface area contributed by atoms with Crippen LogP contribution in [-0.2, 0) is 0 Å². The lowest BCUT2D eigenvalue weighted by atomic mass is 9.99. The molecule has 0 spiro atoms. The van der Waals surface area contributed by atoms with Crippen LogP contribution >= 0.6 is 0 Å². The van der Waals surface area contributed by atoms with Crippen LogP contribution in [0.3, 0.4) is 0 Å². The minimum absolute atomic E-state index is 0.137. The maximum atomic E-state index is 12.9. The summed E-state index contributed by atoms with van der Waals surface area (Å²) in [5, 5.41) is 0. The van der Waals surface area contributed by atoms with Crippen molar-refractivity contribution in [2.75, 3.05) is 0 Å². The van der Waals surface area contributed by atoms with Crippen molar-refractivity contribution >= 4 is 5.78 Å². The van der Waals surface area contributed by atoms with E-state index in [1.807, 2.05) is 36.4 Å². The number of hydrogen-bond acceptors (Lipinski definition) is 4. The first kappa shape index (κ1) is 13.6. The molecule has 0 amide bonds. The standard InChI is InChI=1S/C19H14O4/c20-17(13-7-2-1-3-8-13)19-18(16-11-6-12-21-16)22-14-9-4-5-10-15(14)23-19/h1-12,18-19H. The smallest absolute Gasteiger partial charge is 0.207 e. The van der Waals surface area contributed by atoms with E-state index in [0.29, 0.717) is 22.8 Å². The predicted molar refractivity (Wildman–Crippen MR) is 83.7 cm³/mol. The molecule has 0 saturated heterocycles. The monoisotopic (exact) mass is 306 g/mol. The zero-order chi connectivity index (χ0) is 15.6. The summed E-state index contributed by atoms with van der Waals surface area (Å²) in [4.78, 5) is 12.9. The molecule has 4 heteroatoms. The van der Waals surface area contributed by atoms with Gasteiger partial charge in [-0.2, -0.15) is 0 Å². The molecular weight excluding hydrogens is 292 g/mol. The van der Waals surface area contributed by atoms with E-state index >= 15 is 0 Å². The number of ether oxygens (including phenoxy) is 2. The minimum Gasteiger partial charge on any atom is -0.474 e. The summed E-state index contributed by atoms with van der Waals surface area (Å²) in [6, 6.07) is 19.9. The molecule has 0 fully saturated rings. The molecule has 0 N–H and O–H groups in total. The molecule has 0 radical (unpaired) electrons. The lowest BCUT2D eigenvalue weighted by molar-refractivity contribution is 0.0122. The Hall–Kier alpha value is -3.01. The Labute approximate surface area is 133 Å². The van der Waals surface area contributed by atoms with Gasteiger partial charge in [0.15, 0.2) is 11.5 Å². The fourth-order valence-electron chi connectivity index (χ4n) is 2.66. The van der Waals surface area contributed by atoms with Crippen LogP contribution in [-0.4, -0.2) is 11.9 Å². The first-order valence-corrected chi connectivity index (χ1v) is 7.38. The van der Waals surface area contributed by atoms with Crippen molar-refractivity contribution in [2.45, 2.75) is 12.2 Å². The van der Waals surface area contributed by atoms with Crippen LogP contribution in [0.15, 0.2) is 77.4 Å². The zero-order valence-electron chi connectivity index (χ0n) is 12.2. The summed E-state index contributed by atoms with van der Waals surface area (Å²) in [5.41, 5.74) is 0.581. The van der Waals surface area contributed by atoms with Gasteiger partial charge in [-0.3, -0.25) is 4.79 Å². The molecule has 4 nitrogen and oxygen atoms in total. The number of benzene rings is 2. The minimum atomic E-state index is -0.793. The van der Waals surface area contributed by atoms with Crippen molar-refractivity contribution < 1.29 is 18.7 Å². The Morgan fingerprint density at radius 1 is 0.783 bits per heavy atom. The van der Waals surface area contributed by atoms with Crippen molar-refractivity contribution in [2.24, 2.45) is 0 Å². The first-order chi connectivity index (χ1) is 11.3. The van der Waals surface area contributed by atoms with E-state index in [9.17, 15) is 4.79 Å². The molecule has 23 heavy (non-hydrogen) atoms. The van der Waals surface area contributed by atoms with Crippen LogP contribution in [0.2, 0.25) is 0 Å². The van der Waals surface area contributed by atoms with Gasteiger partial charge < -0.3 is 13.9 Å². The van der Waals surface area contributed by atoms with Crippen molar-refractivity contribution in [1.29, 1.82) is 0 Å². The highest BCUT2D eigenvalue weighted by Gasteiger charge is 2.40. The molecule has 0 saturated carbocycles. The van der Waals surface area contributed by atoms with Crippen LogP contribution in [0.1, 0.15) is 22.2 Å². The van der Waals surface area contributed by atoms with Gasteiger partial charge in [-0.25, -0.2) is 0 Å². The van der Waals surface area contributed by atoms with Crippen LogP contribution in [0, 0.1) is 0 Å². The lowest BCUT2D eigenvalue weighted by Gasteiger charge is -2.32. The molecule has 2 heterocycles. The van der Waals surface area contributed by atoms with Crippen LogP contribution in [0.25, 0.3) is 0 Å². The van der Waals surface area contributed by atoms with Gasteiger partial charge in [0.2, 0.25) is 18.0 Å². The number of ketones is 1. The van der Waals surface area contributed by atoms with Crippen molar-refractivity contribution in [3.8, 4) is 11.5 Å². The second-order valence-electron chi connectivity index (χ2n) is 5.27. The number of hydrogen-bond donors (Lipinski definition) is 0. The van der Waals surface area contributed by atoms with E-state index in [0.717, 1.165) is 0 Å². The lowest BCUT2D eigenvalue weighted by Crippen LogP contribution is -2.39. The topological polar surface area (TPSA) is 48.7 Å². The molecule has 4 rings (SSSR count). The summed E-state index contributed by atoms with van der Waals surface area (Å²) in [5.74, 6) is 1.59. The number of para-hydroxylation sites is 2. The second kappa shape index (κ2) is 5.65. The molecule has 0 bridgehead atoms. The van der Waals surface area contributed by atoms with Crippen molar-refractivity contribution in [1.82, 2.24) is 0 Å². The molecular formula is C19H14O4. The molecule has 114 valence electrons. The van der Waals surface area contributed by atoms with Gasteiger partial charge in [0.25, 0.3) is 0 Å². The van der Waals surface area contributed by atoms with Gasteiger partial charge in [0.05, 0.1) is 6.26 Å². The third-order valence-electron chi connectivity index (χ3n) is 3.77. The van der Waals surface area contributed by atoms with Gasteiger partial charge in [-0.15, -0.1) is 0 Å². The molecule has 2 unspecified atom stereocenters. The Morgan fingerprint density at radius 3 is 2.17 bits per heavy atom. The van der Waals surface area contributed by atoms with E-state index in [2.05, 4.69) is 0 Å². The van der Waals surface area contributed by atoms with Gasteiger partial charge >= 0.3 is 0 Å². The van der Waals surface area contributed by atoms with Gasteiger partial charge in [-0.05, 0) is 24.3 Å². The number of furan rings is 1. The molecule has 0 aliphatic carbocycles. The largest absolute Gasteiger partial charge is 0.474 e. The van der Waals surface area contributed by atoms with Gasteiger partial charge in [-0.1, -0.05) is 42.5 Å². The second-order valence-corrected chi connectivity index (χ2v) is 5.27. The fourth-order valence-corrected chi connectivity index (χ4v) is 2.66. The number of rotatable bonds is 3. The number of Topliss-reactive ketones (excluding diaryl/α,β-unsaturated/α-hetero) is 1. The number of fused-ring (bicyclic) bond motifs is 1. The maximum absolute atomic E-state index is 12.9. The Morgan fingerprint density at radius 2 is 1.48 bits per heavy atom. The van der Waals surface area contributed by atoms with E-state index in [1.165, 1.54) is 0 Å². The van der Waals surface area contributed by atoms with E-state index < -0.39 is 12.2 Å². The Balaban J connectivity index is 1.74. The van der Waals surface area contributed by atoms with E-state index in [-0.39, 0.29) is 5.78 Å². The van der Waals surface area contributed by atoms with E-state index in [4.69, 9.17) is 13.9 Å². The SMILES string of the molecule is O=C(c1ccccc1)C1Oc2ccccc2OC1c1ccco1. The quantitative estimate of drug-likeness (QED) is 0.685. The molecule has 1 aromatic heterocycles. The average Bonchev–Trinajstić information content (AvgIpc) is 3.15. The Kier molecular flexibility index (Phi) is 3.35. The van der Waals surface area contributed by atoms with Crippen molar-refractivity contribution in [3.63, 3.8) is 0 Å². The molecule has 1 aliphatic rings. The summed E-state index contributed by atoms with van der Waals surface area (Å²) in [6.45, 7) is 0. The number of carbonyl (C=O) groups excluding carboxylic acids is 1. The third kappa shape index (κ3) is 2.48. The summed E-state index contributed by atoms with van der Waals surface area (Å²) in [6.07, 6.45) is 0.148. The van der Waals surface area contributed by atoms with Crippen LogP contribution < -0.4 is 9.47 Å². The highest BCUT2D eigenvalue weighted by atomic mass is 16.6. The van der Waals surface area contributed by atoms with Crippen molar-refractivity contribution in [3.05, 3.63) is 84.3 Å². The average molecular weight is 306 g/mol. The fraction of sp³-hybridized carbons (Fsp3) is 0.105. The van der Waals surface area contributed by atoms with E-state index in [1.54, 1.807) is 36.6 Å². The predicted octanol–water partition coefficient (Wildman–Crippen LogP) is 4.04. The zero-order valence-corrected chi connectivity index (χ0v) is 12.2.